The Labute approximate surface area is 89.5 Å². The van der Waals surface area contributed by atoms with Crippen molar-refractivity contribution in [2.75, 3.05) is 13.6 Å². The van der Waals surface area contributed by atoms with E-state index in [0.29, 0.717) is 13.1 Å². The van der Waals surface area contributed by atoms with Crippen LogP contribution in [0, 0.1) is 0 Å². The average molecular weight is 211 g/mol. The lowest BCUT2D eigenvalue weighted by Crippen LogP contribution is -2.20. The number of aryl methyl sites for hydroxylation is 1. The molecule has 0 saturated carbocycles. The summed E-state index contributed by atoms with van der Waals surface area (Å²) in [6, 6.07) is 3.90. The van der Waals surface area contributed by atoms with Gasteiger partial charge < -0.3 is 9.52 Å². The van der Waals surface area contributed by atoms with Crippen molar-refractivity contribution >= 4 is 5.97 Å². The molecule has 0 aliphatic heterocycles. The maximum Gasteiger partial charge on any atom is 0.304 e. The predicted octanol–water partition coefficient (Wildman–Crippen LogP) is 1.75. The van der Waals surface area contributed by atoms with Crippen molar-refractivity contribution in [1.29, 1.82) is 0 Å². The molecule has 0 fully saturated rings. The Bertz CT molecular complexity index is 319. The Hall–Kier alpha value is -1.29. The fourth-order valence-corrected chi connectivity index (χ4v) is 1.33. The van der Waals surface area contributed by atoms with Crippen LogP contribution >= 0.6 is 0 Å². The molecule has 15 heavy (non-hydrogen) atoms. The standard InChI is InChI=1S/C11H17NO3/c1-3-9-4-5-10(15-9)8-12(2)7-6-11(13)14/h4-5H,3,6-8H2,1-2H3,(H,13,14). The molecule has 0 saturated heterocycles. The predicted molar refractivity (Wildman–Crippen MR) is 56.7 cm³/mol. The van der Waals surface area contributed by atoms with E-state index in [4.69, 9.17) is 9.52 Å². The van der Waals surface area contributed by atoms with E-state index in [1.165, 1.54) is 0 Å². The van der Waals surface area contributed by atoms with Crippen LogP contribution in [0.5, 0.6) is 0 Å². The van der Waals surface area contributed by atoms with Gasteiger partial charge in [-0.15, -0.1) is 0 Å². The van der Waals surface area contributed by atoms with Gasteiger partial charge in [-0.05, 0) is 19.2 Å². The molecule has 0 radical (unpaired) electrons. The van der Waals surface area contributed by atoms with Gasteiger partial charge in [0, 0.05) is 13.0 Å². The second-order valence-electron chi connectivity index (χ2n) is 3.60. The largest absolute Gasteiger partial charge is 0.481 e. The zero-order chi connectivity index (χ0) is 11.3. The van der Waals surface area contributed by atoms with E-state index < -0.39 is 5.97 Å². The number of rotatable bonds is 6. The molecule has 0 atom stereocenters. The van der Waals surface area contributed by atoms with Crippen LogP contribution in [0.15, 0.2) is 16.5 Å². The van der Waals surface area contributed by atoms with E-state index in [1.54, 1.807) is 0 Å². The molecule has 4 nitrogen and oxygen atoms in total. The van der Waals surface area contributed by atoms with Crippen LogP contribution in [0.25, 0.3) is 0 Å². The lowest BCUT2D eigenvalue weighted by molar-refractivity contribution is -0.137. The first-order chi connectivity index (χ1) is 7.11. The highest BCUT2D eigenvalue weighted by Crippen LogP contribution is 2.10. The van der Waals surface area contributed by atoms with Crippen molar-refractivity contribution in [3.05, 3.63) is 23.7 Å². The Morgan fingerprint density at radius 2 is 2.13 bits per heavy atom. The Morgan fingerprint density at radius 3 is 2.67 bits per heavy atom. The minimum atomic E-state index is -0.768. The average Bonchev–Trinajstić information content (AvgIpc) is 2.62. The van der Waals surface area contributed by atoms with Crippen molar-refractivity contribution in [2.24, 2.45) is 0 Å². The molecule has 0 unspecified atom stereocenters. The van der Waals surface area contributed by atoms with Crippen molar-refractivity contribution in [2.45, 2.75) is 26.3 Å². The number of hydrogen-bond donors (Lipinski definition) is 1. The van der Waals surface area contributed by atoms with E-state index in [2.05, 4.69) is 0 Å². The van der Waals surface area contributed by atoms with Crippen LogP contribution < -0.4 is 0 Å². The first kappa shape index (κ1) is 11.8. The molecule has 0 aromatic carbocycles. The zero-order valence-electron chi connectivity index (χ0n) is 9.19. The van der Waals surface area contributed by atoms with Gasteiger partial charge in [0.05, 0.1) is 13.0 Å². The van der Waals surface area contributed by atoms with E-state index >= 15 is 0 Å². The lowest BCUT2D eigenvalue weighted by atomic mass is 10.3. The Morgan fingerprint density at radius 1 is 1.47 bits per heavy atom. The van der Waals surface area contributed by atoms with Crippen molar-refractivity contribution < 1.29 is 14.3 Å². The third kappa shape index (κ3) is 4.16. The Balaban J connectivity index is 2.36. The van der Waals surface area contributed by atoms with Gasteiger partial charge in [-0.25, -0.2) is 0 Å². The third-order valence-electron chi connectivity index (χ3n) is 2.20. The summed E-state index contributed by atoms with van der Waals surface area (Å²) in [7, 11) is 1.89. The highest BCUT2D eigenvalue weighted by atomic mass is 16.4. The second-order valence-corrected chi connectivity index (χ2v) is 3.60. The van der Waals surface area contributed by atoms with Crippen LogP contribution in [0.2, 0.25) is 0 Å². The summed E-state index contributed by atoms with van der Waals surface area (Å²) in [5.41, 5.74) is 0. The van der Waals surface area contributed by atoms with Crippen LogP contribution in [0.3, 0.4) is 0 Å². The van der Waals surface area contributed by atoms with E-state index in [0.717, 1.165) is 17.9 Å². The topological polar surface area (TPSA) is 53.7 Å². The number of furan rings is 1. The maximum atomic E-state index is 10.4. The first-order valence-electron chi connectivity index (χ1n) is 5.09. The molecule has 4 heteroatoms. The third-order valence-corrected chi connectivity index (χ3v) is 2.20. The number of carboxylic acids is 1. The highest BCUT2D eigenvalue weighted by molar-refractivity contribution is 5.66. The molecule has 0 aliphatic carbocycles. The fraction of sp³-hybridized carbons (Fsp3) is 0.545. The molecule has 1 rings (SSSR count). The lowest BCUT2D eigenvalue weighted by Gasteiger charge is -2.13. The first-order valence-corrected chi connectivity index (χ1v) is 5.09. The molecule has 1 heterocycles. The van der Waals surface area contributed by atoms with Gasteiger partial charge in [0.25, 0.3) is 0 Å². The monoisotopic (exact) mass is 211 g/mol. The molecule has 0 bridgehead atoms. The summed E-state index contributed by atoms with van der Waals surface area (Å²) < 4.78 is 5.52. The number of aliphatic carboxylic acids is 1. The van der Waals surface area contributed by atoms with Crippen molar-refractivity contribution in [3.63, 3.8) is 0 Å². The van der Waals surface area contributed by atoms with E-state index in [1.807, 2.05) is 31.0 Å². The van der Waals surface area contributed by atoms with Crippen LogP contribution in [-0.2, 0) is 17.8 Å². The van der Waals surface area contributed by atoms with Crippen molar-refractivity contribution in [3.8, 4) is 0 Å². The molecule has 1 aromatic rings. The minimum Gasteiger partial charge on any atom is -0.481 e. The summed E-state index contributed by atoms with van der Waals surface area (Å²) in [4.78, 5) is 12.3. The number of carboxylic acid groups (broad SMARTS) is 1. The van der Waals surface area contributed by atoms with Gasteiger partial charge >= 0.3 is 5.97 Å². The summed E-state index contributed by atoms with van der Waals surface area (Å²) in [6.45, 7) is 3.24. The normalized spacial score (nSPS) is 10.9. The smallest absolute Gasteiger partial charge is 0.304 e. The molecule has 0 amide bonds. The molecule has 1 N–H and O–H groups in total. The summed E-state index contributed by atoms with van der Waals surface area (Å²) in [6.07, 6.45) is 1.05. The van der Waals surface area contributed by atoms with E-state index in [9.17, 15) is 4.79 Å². The van der Waals surface area contributed by atoms with Crippen LogP contribution in [0.4, 0.5) is 0 Å². The summed E-state index contributed by atoms with van der Waals surface area (Å²) in [5.74, 6) is 1.09. The van der Waals surface area contributed by atoms with Crippen molar-refractivity contribution in [1.82, 2.24) is 4.90 Å². The van der Waals surface area contributed by atoms with Crippen LogP contribution in [-0.4, -0.2) is 29.6 Å². The number of nitrogens with zero attached hydrogens (tertiary/aromatic N) is 1. The molecule has 84 valence electrons. The van der Waals surface area contributed by atoms with Gasteiger partial charge in [0.2, 0.25) is 0 Å². The SMILES string of the molecule is CCc1ccc(CN(C)CCC(=O)O)o1. The van der Waals surface area contributed by atoms with Crippen LogP contribution in [0.1, 0.15) is 24.9 Å². The minimum absolute atomic E-state index is 0.165. The molecular formula is C11H17NO3. The van der Waals surface area contributed by atoms with E-state index in [-0.39, 0.29) is 6.42 Å². The highest BCUT2D eigenvalue weighted by Gasteiger charge is 2.06. The number of carbonyl (C=O) groups is 1. The zero-order valence-corrected chi connectivity index (χ0v) is 9.19. The fourth-order valence-electron chi connectivity index (χ4n) is 1.33. The maximum absolute atomic E-state index is 10.4. The van der Waals surface area contributed by atoms with Gasteiger partial charge in [0.1, 0.15) is 11.5 Å². The van der Waals surface area contributed by atoms with Gasteiger partial charge in [-0.3, -0.25) is 9.69 Å². The van der Waals surface area contributed by atoms with Gasteiger partial charge in [-0.2, -0.15) is 0 Å². The van der Waals surface area contributed by atoms with Gasteiger partial charge in [-0.1, -0.05) is 6.92 Å². The quantitative estimate of drug-likeness (QED) is 0.778. The Kier molecular flexibility index (Phi) is 4.37. The second kappa shape index (κ2) is 5.56. The summed E-state index contributed by atoms with van der Waals surface area (Å²) >= 11 is 0. The number of hydrogen-bond acceptors (Lipinski definition) is 3. The molecule has 0 aliphatic rings. The molecule has 1 aromatic heterocycles. The summed E-state index contributed by atoms with van der Waals surface area (Å²) in [5, 5.41) is 8.52. The molecule has 0 spiro atoms. The van der Waals surface area contributed by atoms with Gasteiger partial charge in [0.15, 0.2) is 0 Å². The molecular weight excluding hydrogens is 194 g/mol.